The molecule has 2 unspecified atom stereocenters. The average molecular weight is 353 g/mol. The third kappa shape index (κ3) is 3.82. The molecule has 6 nitrogen and oxygen atoms in total. The molecule has 2 atom stereocenters. The first-order valence-corrected chi connectivity index (χ1v) is 10.8. The number of nitrogens with zero attached hydrogens (tertiary/aromatic N) is 4. The molecule has 0 bridgehead atoms. The lowest BCUT2D eigenvalue weighted by Crippen LogP contribution is -2.38. The Morgan fingerprint density at radius 1 is 1.33 bits per heavy atom. The summed E-state index contributed by atoms with van der Waals surface area (Å²) in [6.45, 7) is 9.07. The molecular weight excluding hydrogens is 324 g/mol. The maximum Gasteiger partial charge on any atom is 0.152 e. The summed E-state index contributed by atoms with van der Waals surface area (Å²) < 4.78 is 23.7. The van der Waals surface area contributed by atoms with E-state index in [0.717, 1.165) is 37.1 Å². The molecule has 24 heavy (non-hydrogen) atoms. The standard InChI is InChI=1S/C17H28N4O2S/c1-4-21(15-7-9-24(22,23)12-15)17-10-16(18-14(3)19-17)20-8-5-6-13(2)11-20/h10,13,15H,4-9,11-12H2,1-3H3. The van der Waals surface area contributed by atoms with E-state index < -0.39 is 9.84 Å². The van der Waals surface area contributed by atoms with E-state index in [1.165, 1.54) is 12.8 Å². The van der Waals surface area contributed by atoms with Crippen molar-refractivity contribution in [3.8, 4) is 0 Å². The number of aryl methyl sites for hydroxylation is 1. The van der Waals surface area contributed by atoms with Crippen LogP contribution in [0.5, 0.6) is 0 Å². The maximum absolute atomic E-state index is 11.8. The molecule has 2 aliphatic rings. The first-order chi connectivity index (χ1) is 11.4. The summed E-state index contributed by atoms with van der Waals surface area (Å²) in [5.74, 6) is 3.79. The van der Waals surface area contributed by atoms with Crippen molar-refractivity contribution in [1.29, 1.82) is 0 Å². The Labute approximate surface area is 145 Å². The smallest absolute Gasteiger partial charge is 0.152 e. The van der Waals surface area contributed by atoms with Gasteiger partial charge in [-0.15, -0.1) is 0 Å². The van der Waals surface area contributed by atoms with E-state index >= 15 is 0 Å². The topological polar surface area (TPSA) is 66.4 Å². The molecule has 3 heterocycles. The Balaban J connectivity index is 1.87. The SMILES string of the molecule is CCN(c1cc(N2CCCC(C)C2)nc(C)n1)C1CCS(=O)(=O)C1. The molecule has 0 N–H and O–H groups in total. The van der Waals surface area contributed by atoms with Crippen molar-refractivity contribution in [3.63, 3.8) is 0 Å². The summed E-state index contributed by atoms with van der Waals surface area (Å²) in [6.07, 6.45) is 3.15. The van der Waals surface area contributed by atoms with Crippen LogP contribution in [0.2, 0.25) is 0 Å². The average Bonchev–Trinajstić information content (AvgIpc) is 2.87. The van der Waals surface area contributed by atoms with Crippen LogP contribution in [0.25, 0.3) is 0 Å². The molecule has 1 aromatic rings. The summed E-state index contributed by atoms with van der Waals surface area (Å²) in [4.78, 5) is 13.7. The van der Waals surface area contributed by atoms with Crippen LogP contribution in [0.1, 0.15) is 38.9 Å². The van der Waals surface area contributed by atoms with Gasteiger partial charge in [-0.1, -0.05) is 6.92 Å². The second-order valence-corrected chi connectivity index (χ2v) is 9.40. The molecule has 0 radical (unpaired) electrons. The van der Waals surface area contributed by atoms with Crippen LogP contribution in [0.4, 0.5) is 11.6 Å². The molecule has 2 saturated heterocycles. The Bertz CT molecular complexity index is 692. The third-order valence-corrected chi connectivity index (χ3v) is 6.83. The summed E-state index contributed by atoms with van der Waals surface area (Å²) in [6, 6.07) is 2.07. The lowest BCUT2D eigenvalue weighted by molar-refractivity contribution is 0.444. The fraction of sp³-hybridized carbons (Fsp3) is 0.765. The van der Waals surface area contributed by atoms with E-state index in [9.17, 15) is 8.42 Å². The molecule has 0 amide bonds. The van der Waals surface area contributed by atoms with Gasteiger partial charge in [0.25, 0.3) is 0 Å². The molecule has 0 aromatic carbocycles. The molecule has 0 aliphatic carbocycles. The largest absolute Gasteiger partial charge is 0.356 e. The van der Waals surface area contributed by atoms with Gasteiger partial charge in [0.2, 0.25) is 0 Å². The van der Waals surface area contributed by atoms with Gasteiger partial charge in [0.15, 0.2) is 9.84 Å². The van der Waals surface area contributed by atoms with Gasteiger partial charge in [-0.05, 0) is 39.0 Å². The van der Waals surface area contributed by atoms with Crippen molar-refractivity contribution in [3.05, 3.63) is 11.9 Å². The highest BCUT2D eigenvalue weighted by Crippen LogP contribution is 2.27. The summed E-state index contributed by atoms with van der Waals surface area (Å²) >= 11 is 0. The summed E-state index contributed by atoms with van der Waals surface area (Å²) in [7, 11) is -2.90. The van der Waals surface area contributed by atoms with Crippen molar-refractivity contribution >= 4 is 21.5 Å². The minimum Gasteiger partial charge on any atom is -0.356 e. The summed E-state index contributed by atoms with van der Waals surface area (Å²) in [5.41, 5.74) is 0. The zero-order valence-electron chi connectivity index (χ0n) is 14.9. The minimum absolute atomic E-state index is 0.0300. The van der Waals surface area contributed by atoms with Crippen LogP contribution in [0.15, 0.2) is 6.07 Å². The monoisotopic (exact) mass is 352 g/mol. The zero-order chi connectivity index (χ0) is 17.3. The molecule has 0 spiro atoms. The summed E-state index contributed by atoms with van der Waals surface area (Å²) in [5, 5.41) is 0. The number of anilines is 2. The van der Waals surface area contributed by atoms with Crippen LogP contribution in [-0.4, -0.2) is 55.6 Å². The van der Waals surface area contributed by atoms with Crippen molar-refractivity contribution in [2.75, 3.05) is 40.9 Å². The van der Waals surface area contributed by atoms with Crippen molar-refractivity contribution in [2.24, 2.45) is 5.92 Å². The van der Waals surface area contributed by atoms with Crippen LogP contribution in [0, 0.1) is 12.8 Å². The molecule has 2 aliphatic heterocycles. The lowest BCUT2D eigenvalue weighted by atomic mass is 10.0. The number of rotatable bonds is 4. The number of hydrogen-bond acceptors (Lipinski definition) is 6. The molecular formula is C17H28N4O2S. The first kappa shape index (κ1) is 17.5. The second-order valence-electron chi connectivity index (χ2n) is 7.17. The first-order valence-electron chi connectivity index (χ1n) is 8.95. The second kappa shape index (κ2) is 6.86. The van der Waals surface area contributed by atoms with Gasteiger partial charge in [-0.25, -0.2) is 18.4 Å². The minimum atomic E-state index is -2.90. The van der Waals surface area contributed by atoms with Gasteiger partial charge in [0.05, 0.1) is 11.5 Å². The Morgan fingerprint density at radius 2 is 2.12 bits per heavy atom. The Hall–Kier alpha value is -1.37. The Morgan fingerprint density at radius 3 is 2.75 bits per heavy atom. The highest BCUT2D eigenvalue weighted by molar-refractivity contribution is 7.91. The fourth-order valence-corrected chi connectivity index (χ4v) is 5.60. The molecule has 7 heteroatoms. The molecule has 3 rings (SSSR count). The number of aromatic nitrogens is 2. The molecule has 2 fully saturated rings. The van der Waals surface area contributed by atoms with E-state index in [1.54, 1.807) is 0 Å². The van der Waals surface area contributed by atoms with Crippen molar-refractivity contribution in [1.82, 2.24) is 9.97 Å². The van der Waals surface area contributed by atoms with E-state index in [0.29, 0.717) is 12.3 Å². The van der Waals surface area contributed by atoms with E-state index in [-0.39, 0.29) is 17.5 Å². The van der Waals surface area contributed by atoms with Crippen LogP contribution in [-0.2, 0) is 9.84 Å². The normalized spacial score (nSPS) is 26.5. The Kier molecular flexibility index (Phi) is 4.99. The van der Waals surface area contributed by atoms with Crippen molar-refractivity contribution < 1.29 is 8.42 Å². The van der Waals surface area contributed by atoms with Crippen LogP contribution in [0.3, 0.4) is 0 Å². The predicted molar refractivity (Wildman–Crippen MR) is 97.5 cm³/mol. The number of hydrogen-bond donors (Lipinski definition) is 0. The van der Waals surface area contributed by atoms with E-state index in [1.807, 2.05) is 13.0 Å². The predicted octanol–water partition coefficient (Wildman–Crippen LogP) is 2.03. The molecule has 1 aromatic heterocycles. The van der Waals surface area contributed by atoms with Crippen LogP contribution < -0.4 is 9.80 Å². The van der Waals surface area contributed by atoms with E-state index in [2.05, 4.69) is 33.6 Å². The van der Waals surface area contributed by atoms with Crippen molar-refractivity contribution in [2.45, 2.75) is 46.1 Å². The lowest BCUT2D eigenvalue weighted by Gasteiger charge is -2.33. The van der Waals surface area contributed by atoms with Gasteiger partial charge in [0.1, 0.15) is 17.5 Å². The maximum atomic E-state index is 11.8. The zero-order valence-corrected chi connectivity index (χ0v) is 15.7. The molecule has 134 valence electrons. The molecule has 0 saturated carbocycles. The fourth-order valence-electron chi connectivity index (χ4n) is 3.87. The number of piperidine rings is 1. The highest BCUT2D eigenvalue weighted by Gasteiger charge is 2.32. The quantitative estimate of drug-likeness (QED) is 0.826. The van der Waals surface area contributed by atoms with Crippen LogP contribution >= 0.6 is 0 Å². The highest BCUT2D eigenvalue weighted by atomic mass is 32.2. The van der Waals surface area contributed by atoms with Gasteiger partial charge in [0, 0.05) is 31.7 Å². The van der Waals surface area contributed by atoms with Gasteiger partial charge in [-0.2, -0.15) is 0 Å². The van der Waals surface area contributed by atoms with Gasteiger partial charge < -0.3 is 9.80 Å². The van der Waals surface area contributed by atoms with Gasteiger partial charge in [-0.3, -0.25) is 0 Å². The number of sulfone groups is 1. The third-order valence-electron chi connectivity index (χ3n) is 5.08. The van der Waals surface area contributed by atoms with E-state index in [4.69, 9.17) is 0 Å². The van der Waals surface area contributed by atoms with Gasteiger partial charge >= 0.3 is 0 Å².